The molecule has 0 aliphatic heterocycles. The number of carbonyl (C=O) groups is 1. The van der Waals surface area contributed by atoms with Crippen molar-refractivity contribution >= 4 is 34.5 Å². The normalized spacial score (nSPS) is 12.1. The third-order valence-electron chi connectivity index (χ3n) is 4.15. The molecule has 0 aliphatic carbocycles. The maximum absolute atomic E-state index is 12.2. The summed E-state index contributed by atoms with van der Waals surface area (Å²) in [6.45, 7) is 4.03. The Hall–Kier alpha value is -2.87. The fourth-order valence-corrected chi connectivity index (χ4v) is 3.26. The van der Waals surface area contributed by atoms with E-state index >= 15 is 0 Å². The van der Waals surface area contributed by atoms with Crippen LogP contribution in [0.1, 0.15) is 31.0 Å². The van der Waals surface area contributed by atoms with Crippen LogP contribution >= 0.6 is 11.8 Å². The van der Waals surface area contributed by atoms with Gasteiger partial charge in [0.1, 0.15) is 5.52 Å². The lowest BCUT2D eigenvalue weighted by atomic mass is 10.1. The van der Waals surface area contributed by atoms with Crippen LogP contribution in [0.15, 0.2) is 52.1 Å². The minimum atomic E-state index is -0.483. The highest BCUT2D eigenvalue weighted by atomic mass is 32.2. The number of rotatable bonds is 7. The number of hydrogen-bond donors (Lipinski definition) is 1. The Morgan fingerprint density at radius 3 is 2.70 bits per heavy atom. The monoisotopic (exact) mass is 385 g/mol. The lowest BCUT2D eigenvalue weighted by Crippen LogP contribution is -2.28. The van der Waals surface area contributed by atoms with Crippen LogP contribution in [-0.2, 0) is 11.2 Å². The van der Waals surface area contributed by atoms with Crippen molar-refractivity contribution in [3.8, 4) is 0 Å². The van der Waals surface area contributed by atoms with Gasteiger partial charge in [-0.3, -0.25) is 14.9 Å². The van der Waals surface area contributed by atoms with Gasteiger partial charge in [0, 0.05) is 12.1 Å². The summed E-state index contributed by atoms with van der Waals surface area (Å²) in [5.41, 5.74) is 3.10. The Bertz CT molecular complexity index is 969. The first-order valence-corrected chi connectivity index (χ1v) is 9.51. The van der Waals surface area contributed by atoms with Crippen molar-refractivity contribution in [2.75, 3.05) is 5.75 Å². The number of aryl methyl sites for hydroxylation is 1. The molecule has 3 aromatic rings. The summed E-state index contributed by atoms with van der Waals surface area (Å²) in [6.07, 6.45) is 0.977. The highest BCUT2D eigenvalue weighted by Crippen LogP contribution is 2.26. The van der Waals surface area contributed by atoms with Gasteiger partial charge in [-0.1, -0.05) is 43.0 Å². The zero-order valence-electron chi connectivity index (χ0n) is 15.0. The molecule has 8 heteroatoms. The fraction of sp³-hybridized carbons (Fsp3) is 0.263. The third kappa shape index (κ3) is 4.65. The molecule has 1 aromatic heterocycles. The summed E-state index contributed by atoms with van der Waals surface area (Å²) in [6, 6.07) is 12.3. The highest BCUT2D eigenvalue weighted by molar-refractivity contribution is 7.99. The average molecular weight is 385 g/mol. The first-order chi connectivity index (χ1) is 13.0. The van der Waals surface area contributed by atoms with Crippen LogP contribution in [0.3, 0.4) is 0 Å². The molecule has 0 saturated carbocycles. The number of hydrogen-bond acceptors (Lipinski definition) is 6. The average Bonchev–Trinajstić information content (AvgIpc) is 3.08. The van der Waals surface area contributed by atoms with Crippen molar-refractivity contribution in [3.05, 3.63) is 63.7 Å². The summed E-state index contributed by atoms with van der Waals surface area (Å²) in [5.74, 6) is 0.00653. The molecule has 1 heterocycles. The van der Waals surface area contributed by atoms with Gasteiger partial charge in [-0.25, -0.2) is 4.98 Å². The second-order valence-electron chi connectivity index (χ2n) is 6.06. The summed E-state index contributed by atoms with van der Waals surface area (Å²) in [4.78, 5) is 26.7. The van der Waals surface area contributed by atoms with E-state index in [1.54, 1.807) is 0 Å². The number of benzene rings is 2. The summed E-state index contributed by atoms with van der Waals surface area (Å²) >= 11 is 1.15. The molecule has 0 spiro atoms. The molecule has 0 aliphatic rings. The van der Waals surface area contributed by atoms with Gasteiger partial charge in [0.25, 0.3) is 10.9 Å². The maximum atomic E-state index is 12.2. The molecule has 0 fully saturated rings. The van der Waals surface area contributed by atoms with Crippen molar-refractivity contribution in [1.82, 2.24) is 10.3 Å². The molecular formula is C19H19N3O4S. The fourth-order valence-electron chi connectivity index (χ4n) is 2.61. The molecular weight excluding hydrogens is 366 g/mol. The van der Waals surface area contributed by atoms with Gasteiger partial charge in [-0.2, -0.15) is 0 Å². The Balaban J connectivity index is 1.58. The summed E-state index contributed by atoms with van der Waals surface area (Å²) in [7, 11) is 0. The second kappa shape index (κ2) is 8.22. The van der Waals surface area contributed by atoms with E-state index in [9.17, 15) is 14.9 Å². The second-order valence-corrected chi connectivity index (χ2v) is 6.99. The van der Waals surface area contributed by atoms with Crippen molar-refractivity contribution in [2.45, 2.75) is 31.5 Å². The Labute approximate surface area is 160 Å². The van der Waals surface area contributed by atoms with Gasteiger partial charge in [0.2, 0.25) is 5.91 Å². The minimum Gasteiger partial charge on any atom is -0.431 e. The zero-order chi connectivity index (χ0) is 19.4. The molecule has 7 nitrogen and oxygen atoms in total. The van der Waals surface area contributed by atoms with E-state index in [1.807, 2.05) is 19.1 Å². The van der Waals surface area contributed by atoms with Crippen LogP contribution in [0.2, 0.25) is 0 Å². The van der Waals surface area contributed by atoms with Crippen LogP contribution in [-0.4, -0.2) is 21.6 Å². The summed E-state index contributed by atoms with van der Waals surface area (Å²) < 4.78 is 5.52. The molecule has 1 atom stereocenters. The van der Waals surface area contributed by atoms with Crippen LogP contribution in [0.4, 0.5) is 5.69 Å². The van der Waals surface area contributed by atoms with Crippen molar-refractivity contribution < 1.29 is 14.1 Å². The first kappa shape index (κ1) is 18.9. The van der Waals surface area contributed by atoms with Crippen LogP contribution in [0.25, 0.3) is 11.1 Å². The van der Waals surface area contributed by atoms with Gasteiger partial charge >= 0.3 is 0 Å². The van der Waals surface area contributed by atoms with Gasteiger partial charge in [-0.15, -0.1) is 0 Å². The molecule has 0 saturated heterocycles. The topological polar surface area (TPSA) is 98.3 Å². The lowest BCUT2D eigenvalue weighted by Gasteiger charge is -2.14. The van der Waals surface area contributed by atoms with E-state index in [4.69, 9.17) is 4.42 Å². The number of nitrogens with one attached hydrogen (secondary N) is 1. The van der Waals surface area contributed by atoms with Crippen LogP contribution < -0.4 is 5.32 Å². The largest absolute Gasteiger partial charge is 0.431 e. The molecule has 140 valence electrons. The molecule has 0 bridgehead atoms. The maximum Gasteiger partial charge on any atom is 0.271 e. The predicted octanol–water partition coefficient (Wildman–Crippen LogP) is 4.27. The Kier molecular flexibility index (Phi) is 5.75. The smallest absolute Gasteiger partial charge is 0.271 e. The molecule has 1 amide bonds. The van der Waals surface area contributed by atoms with Crippen molar-refractivity contribution in [2.24, 2.45) is 0 Å². The number of aromatic nitrogens is 1. The Morgan fingerprint density at radius 2 is 2.04 bits per heavy atom. The lowest BCUT2D eigenvalue weighted by molar-refractivity contribution is -0.384. The van der Waals surface area contributed by atoms with E-state index < -0.39 is 4.92 Å². The molecule has 0 radical (unpaired) electrons. The van der Waals surface area contributed by atoms with Crippen LogP contribution in [0, 0.1) is 10.1 Å². The Morgan fingerprint density at radius 1 is 1.30 bits per heavy atom. The van der Waals surface area contributed by atoms with Gasteiger partial charge in [0.15, 0.2) is 5.58 Å². The number of nitrogens with zero attached hydrogens (tertiary/aromatic N) is 2. The number of oxazole rings is 1. The number of fused-ring (bicyclic) bond motifs is 1. The molecule has 3 rings (SSSR count). The number of non-ortho nitro benzene ring substituents is 1. The van der Waals surface area contributed by atoms with E-state index in [2.05, 4.69) is 29.4 Å². The number of nitro groups is 1. The van der Waals surface area contributed by atoms with Gasteiger partial charge < -0.3 is 9.73 Å². The molecule has 2 aromatic carbocycles. The van der Waals surface area contributed by atoms with E-state index in [0.29, 0.717) is 16.3 Å². The van der Waals surface area contributed by atoms with Gasteiger partial charge in [0.05, 0.1) is 16.7 Å². The highest BCUT2D eigenvalue weighted by Gasteiger charge is 2.14. The predicted molar refractivity (Wildman–Crippen MR) is 104 cm³/mol. The van der Waals surface area contributed by atoms with Crippen molar-refractivity contribution in [3.63, 3.8) is 0 Å². The van der Waals surface area contributed by atoms with Crippen molar-refractivity contribution in [1.29, 1.82) is 0 Å². The SMILES string of the molecule is CCc1ccc([C@H](C)NC(=O)CSc2nc3cc([N+](=O)[O-])ccc3o2)cc1. The number of nitro benzene ring substituents is 1. The first-order valence-electron chi connectivity index (χ1n) is 8.52. The van der Waals surface area contributed by atoms with Gasteiger partial charge in [-0.05, 0) is 30.5 Å². The third-order valence-corrected chi connectivity index (χ3v) is 4.98. The van der Waals surface area contributed by atoms with Crippen LogP contribution in [0.5, 0.6) is 0 Å². The number of thioether (sulfide) groups is 1. The van der Waals surface area contributed by atoms with E-state index in [0.717, 1.165) is 23.7 Å². The molecule has 27 heavy (non-hydrogen) atoms. The minimum absolute atomic E-state index is 0.0481. The number of amides is 1. The standard InChI is InChI=1S/C19H19N3O4S/c1-3-13-4-6-14(7-5-13)12(2)20-18(23)11-27-19-21-16-10-15(22(24)25)8-9-17(16)26-19/h4-10,12H,3,11H2,1-2H3,(H,20,23)/t12-/m0/s1. The zero-order valence-corrected chi connectivity index (χ0v) is 15.8. The van der Waals surface area contributed by atoms with E-state index in [1.165, 1.54) is 23.8 Å². The number of carbonyl (C=O) groups excluding carboxylic acids is 1. The summed E-state index contributed by atoms with van der Waals surface area (Å²) in [5, 5.41) is 14.1. The molecule has 0 unspecified atom stereocenters. The molecule has 1 N–H and O–H groups in total. The quantitative estimate of drug-likeness (QED) is 0.370. The van der Waals surface area contributed by atoms with E-state index in [-0.39, 0.29) is 23.4 Å².